The molecule has 2 heterocycles. The third-order valence-electron chi connectivity index (χ3n) is 5.16. The van der Waals surface area contributed by atoms with Crippen LogP contribution in [-0.4, -0.2) is 43.5 Å². The fraction of sp³-hybridized carbons (Fsp3) is 0.0870. The Morgan fingerprint density at radius 3 is 2.70 bits per heavy atom. The van der Waals surface area contributed by atoms with Gasteiger partial charge in [-0.15, -0.1) is 6.42 Å². The van der Waals surface area contributed by atoms with Crippen molar-refractivity contribution >= 4 is 51.1 Å². The number of benzene rings is 2. The molecular formula is C23H14ClF3N5O4S-. The number of carbonyl (C=O) groups is 1. The Kier molecular flexibility index (Phi) is 7.35. The fourth-order valence-electron chi connectivity index (χ4n) is 3.59. The summed E-state index contributed by atoms with van der Waals surface area (Å²) in [5.41, 5.74) is -2.87. The number of ether oxygens (including phenoxy) is 1. The molecule has 0 aliphatic carbocycles. The minimum Gasteiger partial charge on any atom is -0.755 e. The minimum atomic E-state index is -3.17. The third kappa shape index (κ3) is 4.69. The van der Waals surface area contributed by atoms with Crippen LogP contribution in [0.25, 0.3) is 22.0 Å². The molecule has 0 aliphatic rings. The van der Waals surface area contributed by atoms with E-state index >= 15 is 8.78 Å². The zero-order chi connectivity index (χ0) is 26.9. The summed E-state index contributed by atoms with van der Waals surface area (Å²) in [6.45, 7) is -0.0896. The molecule has 0 aliphatic heterocycles. The Morgan fingerprint density at radius 1 is 1.27 bits per heavy atom. The topological polar surface area (TPSA) is 123 Å². The van der Waals surface area contributed by atoms with E-state index in [1.165, 1.54) is 19.4 Å². The summed E-state index contributed by atoms with van der Waals surface area (Å²) < 4.78 is 75.9. The Balaban J connectivity index is 1.89. The van der Waals surface area contributed by atoms with Gasteiger partial charge in [-0.1, -0.05) is 23.6 Å². The van der Waals surface area contributed by atoms with Crippen LogP contribution in [0.1, 0.15) is 10.5 Å². The molecule has 2 N–H and O–H groups in total. The molecule has 4 aromatic rings. The summed E-state index contributed by atoms with van der Waals surface area (Å²) in [4.78, 5) is 16.1. The molecule has 0 spiro atoms. The Hall–Kier alpha value is -4.12. The molecule has 2 aromatic carbocycles. The number of hydrogen-bond acceptors (Lipinski definition) is 6. The number of pyridine rings is 1. The van der Waals surface area contributed by atoms with Crippen molar-refractivity contribution < 1.29 is 31.5 Å². The van der Waals surface area contributed by atoms with E-state index in [2.05, 4.69) is 26.4 Å². The number of halogens is 4. The largest absolute Gasteiger partial charge is 0.755 e. The van der Waals surface area contributed by atoms with E-state index in [1.54, 1.807) is 0 Å². The second-order valence-corrected chi connectivity index (χ2v) is 8.49. The summed E-state index contributed by atoms with van der Waals surface area (Å²) in [6, 6.07) is 5.04. The van der Waals surface area contributed by atoms with Crippen LogP contribution in [0.15, 0.2) is 36.5 Å². The van der Waals surface area contributed by atoms with Crippen LogP contribution in [0.4, 0.5) is 24.5 Å². The van der Waals surface area contributed by atoms with Crippen LogP contribution in [-0.2, 0) is 11.3 Å². The lowest BCUT2D eigenvalue weighted by molar-refractivity contribution is 0.0955. The first-order valence-corrected chi connectivity index (χ1v) is 11.6. The van der Waals surface area contributed by atoms with Crippen molar-refractivity contribution in [2.24, 2.45) is 0 Å². The lowest BCUT2D eigenvalue weighted by atomic mass is 10.0. The average molecular weight is 549 g/mol. The number of hydrogen-bond donors (Lipinski definition) is 2. The number of rotatable bonds is 7. The molecule has 1 amide bonds. The van der Waals surface area contributed by atoms with Crippen molar-refractivity contribution in [1.82, 2.24) is 20.5 Å². The second kappa shape index (κ2) is 10.5. The summed E-state index contributed by atoms with van der Waals surface area (Å²) in [5.74, 6) is -2.42. The van der Waals surface area contributed by atoms with Gasteiger partial charge < -0.3 is 14.6 Å². The van der Waals surface area contributed by atoms with Crippen LogP contribution in [0.2, 0.25) is 5.02 Å². The van der Waals surface area contributed by atoms with E-state index in [1.807, 2.05) is 0 Å². The van der Waals surface area contributed by atoms with Gasteiger partial charge in [-0.3, -0.25) is 18.4 Å². The van der Waals surface area contributed by atoms with Crippen molar-refractivity contribution in [3.8, 4) is 29.4 Å². The van der Waals surface area contributed by atoms with E-state index in [4.69, 9.17) is 22.8 Å². The molecule has 9 nitrogen and oxygen atoms in total. The average Bonchev–Trinajstić information content (AvgIpc) is 3.30. The van der Waals surface area contributed by atoms with Gasteiger partial charge in [0.05, 0.1) is 41.2 Å². The van der Waals surface area contributed by atoms with Gasteiger partial charge in [-0.25, -0.2) is 18.2 Å². The molecule has 2 aromatic heterocycles. The standard InChI is InChI=1S/C23H15ClF3N5O4S/c1-3-8-28-22(33)21-13-5-4-12(18(26)20(13)30-31-21)17-14(25)6-7-15(19(17)27)32(37(34)35)16-9-11(24)10-29-23(16)36-2/h1,4-7,9-10H,8H2,2H3,(H,28,33)(H,30,31)(H,34,35)/p-1. The van der Waals surface area contributed by atoms with Gasteiger partial charge in [0.1, 0.15) is 22.7 Å². The molecule has 0 saturated heterocycles. The van der Waals surface area contributed by atoms with Gasteiger partial charge in [0.15, 0.2) is 11.6 Å². The van der Waals surface area contributed by atoms with E-state index < -0.39 is 51.4 Å². The summed E-state index contributed by atoms with van der Waals surface area (Å²) >= 11 is 2.77. The molecule has 4 rings (SSSR count). The highest BCUT2D eigenvalue weighted by molar-refractivity contribution is 7.81. The molecule has 190 valence electrons. The monoisotopic (exact) mass is 548 g/mol. The Bertz CT molecular complexity index is 1610. The number of terminal acetylenes is 1. The van der Waals surface area contributed by atoms with E-state index in [0.29, 0.717) is 4.31 Å². The minimum absolute atomic E-state index is 0.00565. The quantitative estimate of drug-likeness (QED) is 0.266. The van der Waals surface area contributed by atoms with E-state index in [9.17, 15) is 17.9 Å². The molecule has 0 bridgehead atoms. The van der Waals surface area contributed by atoms with Crippen molar-refractivity contribution in [1.29, 1.82) is 0 Å². The highest BCUT2D eigenvalue weighted by Gasteiger charge is 2.27. The number of fused-ring (bicyclic) bond motifs is 1. The molecule has 37 heavy (non-hydrogen) atoms. The third-order valence-corrected chi connectivity index (χ3v) is 6.06. The fourth-order valence-corrected chi connectivity index (χ4v) is 4.33. The zero-order valence-corrected chi connectivity index (χ0v) is 20.2. The summed E-state index contributed by atoms with van der Waals surface area (Å²) in [6.07, 6.45) is 6.29. The lowest BCUT2D eigenvalue weighted by Gasteiger charge is -2.28. The molecule has 0 fully saturated rings. The second-order valence-electron chi connectivity index (χ2n) is 7.26. The maximum absolute atomic E-state index is 15.8. The van der Waals surface area contributed by atoms with Gasteiger partial charge in [0.25, 0.3) is 5.91 Å². The number of methoxy groups -OCH3 is 1. The number of nitrogens with one attached hydrogen (secondary N) is 2. The maximum atomic E-state index is 15.8. The zero-order valence-electron chi connectivity index (χ0n) is 18.6. The van der Waals surface area contributed by atoms with Crippen molar-refractivity contribution in [3.05, 3.63) is 64.7 Å². The molecule has 0 radical (unpaired) electrons. The molecular weight excluding hydrogens is 535 g/mol. The van der Waals surface area contributed by atoms with Gasteiger partial charge in [-0.05, 0) is 24.3 Å². The summed E-state index contributed by atoms with van der Waals surface area (Å²) in [5, 5.41) is 8.56. The van der Waals surface area contributed by atoms with Gasteiger partial charge in [0, 0.05) is 17.1 Å². The number of H-pyrrole nitrogens is 1. The number of nitrogens with zero attached hydrogens (tertiary/aromatic N) is 3. The predicted octanol–water partition coefficient (Wildman–Crippen LogP) is 4.00. The van der Waals surface area contributed by atoms with Crippen molar-refractivity contribution in [2.45, 2.75) is 0 Å². The molecule has 0 saturated carbocycles. The SMILES string of the molecule is C#CCNC(=O)c1[nH]nc2c(F)c(-c3c(F)ccc(N(c4cc(Cl)cnc4OC)S(=O)[O-])c3F)ccc12. The van der Waals surface area contributed by atoms with Gasteiger partial charge in [0.2, 0.25) is 5.88 Å². The van der Waals surface area contributed by atoms with E-state index in [0.717, 1.165) is 24.3 Å². The smallest absolute Gasteiger partial charge is 0.270 e. The highest BCUT2D eigenvalue weighted by atomic mass is 35.5. The maximum Gasteiger partial charge on any atom is 0.270 e. The molecule has 1 unspecified atom stereocenters. The van der Waals surface area contributed by atoms with Gasteiger partial charge >= 0.3 is 0 Å². The number of aromatic nitrogens is 3. The normalized spacial score (nSPS) is 11.7. The van der Waals surface area contributed by atoms with Crippen LogP contribution < -0.4 is 14.4 Å². The molecule has 14 heteroatoms. The van der Waals surface area contributed by atoms with E-state index in [-0.39, 0.29) is 39.7 Å². The number of anilines is 2. The van der Waals surface area contributed by atoms with Crippen LogP contribution >= 0.6 is 11.6 Å². The van der Waals surface area contributed by atoms with Crippen LogP contribution in [0, 0.1) is 29.8 Å². The van der Waals surface area contributed by atoms with Crippen molar-refractivity contribution in [3.63, 3.8) is 0 Å². The first-order valence-electron chi connectivity index (χ1n) is 10.1. The number of carbonyl (C=O) groups excluding carboxylic acids is 1. The van der Waals surface area contributed by atoms with Crippen LogP contribution in [0.3, 0.4) is 0 Å². The molecule has 1 atom stereocenters. The first-order chi connectivity index (χ1) is 17.7. The highest BCUT2D eigenvalue weighted by Crippen LogP contribution is 2.41. The number of amides is 1. The van der Waals surface area contributed by atoms with Gasteiger partial charge in [-0.2, -0.15) is 5.10 Å². The first kappa shape index (κ1) is 26.0. The predicted molar refractivity (Wildman–Crippen MR) is 129 cm³/mol. The Morgan fingerprint density at radius 2 is 2.03 bits per heavy atom. The van der Waals surface area contributed by atoms with Crippen LogP contribution in [0.5, 0.6) is 5.88 Å². The van der Waals surface area contributed by atoms with Crippen molar-refractivity contribution in [2.75, 3.05) is 18.0 Å². The number of aromatic amines is 1. The lowest BCUT2D eigenvalue weighted by Crippen LogP contribution is -2.24. The Labute approximate surface area is 215 Å². The summed E-state index contributed by atoms with van der Waals surface area (Å²) in [7, 11) is 1.20.